The standard InChI is InChI=1S/C21H21N3O2/c1-14-6-4-5-7-20(14)24-16(3)19(12-22-24)15(2)23-21(26)18-10-8-17(13-25)9-11-18/h4-13,15H,1-3H3,(H,23,26)/t15-/m1/s1. The minimum atomic E-state index is -0.189. The van der Waals surface area contributed by atoms with Crippen LogP contribution in [-0.4, -0.2) is 22.0 Å². The number of para-hydroxylation sites is 1. The lowest BCUT2D eigenvalue weighted by Crippen LogP contribution is -2.27. The first-order valence-electron chi connectivity index (χ1n) is 8.48. The van der Waals surface area contributed by atoms with E-state index in [9.17, 15) is 9.59 Å². The van der Waals surface area contributed by atoms with Gasteiger partial charge in [-0.15, -0.1) is 0 Å². The molecule has 0 spiro atoms. The van der Waals surface area contributed by atoms with Gasteiger partial charge in [-0.05, 0) is 44.5 Å². The molecule has 0 aliphatic heterocycles. The van der Waals surface area contributed by atoms with E-state index in [1.54, 1.807) is 30.5 Å². The Balaban J connectivity index is 1.80. The number of benzene rings is 2. The lowest BCUT2D eigenvalue weighted by Gasteiger charge is -2.15. The number of nitrogens with one attached hydrogen (secondary N) is 1. The first kappa shape index (κ1) is 17.6. The van der Waals surface area contributed by atoms with E-state index >= 15 is 0 Å². The number of rotatable bonds is 5. The van der Waals surface area contributed by atoms with Gasteiger partial charge in [-0.1, -0.05) is 30.3 Å². The van der Waals surface area contributed by atoms with Crippen LogP contribution in [0.1, 0.15) is 50.5 Å². The van der Waals surface area contributed by atoms with E-state index in [4.69, 9.17) is 0 Å². The second-order valence-corrected chi connectivity index (χ2v) is 6.32. The molecule has 0 aliphatic rings. The highest BCUT2D eigenvalue weighted by molar-refractivity contribution is 5.95. The van der Waals surface area contributed by atoms with Crippen LogP contribution in [0.4, 0.5) is 0 Å². The average Bonchev–Trinajstić information content (AvgIpc) is 3.03. The van der Waals surface area contributed by atoms with Crippen molar-refractivity contribution >= 4 is 12.2 Å². The van der Waals surface area contributed by atoms with Gasteiger partial charge in [-0.25, -0.2) is 4.68 Å². The molecule has 0 radical (unpaired) electrons. The van der Waals surface area contributed by atoms with Crippen molar-refractivity contribution < 1.29 is 9.59 Å². The number of hydrogen-bond acceptors (Lipinski definition) is 3. The van der Waals surface area contributed by atoms with Crippen LogP contribution in [0, 0.1) is 13.8 Å². The molecule has 0 aliphatic carbocycles. The number of amides is 1. The summed E-state index contributed by atoms with van der Waals surface area (Å²) in [5, 5.41) is 7.49. The summed E-state index contributed by atoms with van der Waals surface area (Å²) in [6.07, 6.45) is 2.55. The van der Waals surface area contributed by atoms with Crippen molar-refractivity contribution in [3.8, 4) is 5.69 Å². The van der Waals surface area contributed by atoms with E-state index in [0.29, 0.717) is 11.1 Å². The fraction of sp³-hybridized carbons (Fsp3) is 0.190. The van der Waals surface area contributed by atoms with Crippen LogP contribution in [0.15, 0.2) is 54.7 Å². The SMILES string of the molecule is Cc1ccccc1-n1ncc([C@@H](C)NC(=O)c2ccc(C=O)cc2)c1C. The maximum atomic E-state index is 12.4. The summed E-state index contributed by atoms with van der Waals surface area (Å²) in [6, 6.07) is 14.4. The maximum absolute atomic E-state index is 12.4. The molecule has 5 heteroatoms. The molecule has 0 saturated carbocycles. The lowest BCUT2D eigenvalue weighted by atomic mass is 10.1. The Hall–Kier alpha value is -3.21. The highest BCUT2D eigenvalue weighted by Crippen LogP contribution is 2.22. The number of carbonyl (C=O) groups excluding carboxylic acids is 2. The molecule has 1 heterocycles. The molecule has 2 aromatic carbocycles. The third-order valence-corrected chi connectivity index (χ3v) is 4.51. The molecule has 5 nitrogen and oxygen atoms in total. The van der Waals surface area contributed by atoms with E-state index in [1.807, 2.05) is 49.7 Å². The quantitative estimate of drug-likeness (QED) is 0.714. The Morgan fingerprint density at radius 1 is 1.12 bits per heavy atom. The molecular weight excluding hydrogens is 326 g/mol. The van der Waals surface area contributed by atoms with Crippen LogP contribution < -0.4 is 5.32 Å². The van der Waals surface area contributed by atoms with Crippen molar-refractivity contribution in [3.63, 3.8) is 0 Å². The Labute approximate surface area is 152 Å². The molecule has 132 valence electrons. The van der Waals surface area contributed by atoms with Crippen LogP contribution in [-0.2, 0) is 0 Å². The third-order valence-electron chi connectivity index (χ3n) is 4.51. The van der Waals surface area contributed by atoms with Crippen LogP contribution in [0.2, 0.25) is 0 Å². The Bertz CT molecular complexity index is 942. The highest BCUT2D eigenvalue weighted by atomic mass is 16.1. The summed E-state index contributed by atoms with van der Waals surface area (Å²) in [6.45, 7) is 5.98. The Kier molecular flexibility index (Phi) is 4.98. The van der Waals surface area contributed by atoms with Crippen LogP contribution in [0.5, 0.6) is 0 Å². The van der Waals surface area contributed by atoms with E-state index in [-0.39, 0.29) is 11.9 Å². The van der Waals surface area contributed by atoms with Crippen molar-refractivity contribution in [2.45, 2.75) is 26.8 Å². The zero-order valence-electron chi connectivity index (χ0n) is 15.1. The van der Waals surface area contributed by atoms with Gasteiger partial charge in [-0.3, -0.25) is 9.59 Å². The Morgan fingerprint density at radius 2 is 1.81 bits per heavy atom. The topological polar surface area (TPSA) is 64.0 Å². The fourth-order valence-corrected chi connectivity index (χ4v) is 2.96. The van der Waals surface area contributed by atoms with Gasteiger partial charge in [0.15, 0.2) is 0 Å². The zero-order valence-corrected chi connectivity index (χ0v) is 15.1. The third kappa shape index (κ3) is 3.42. The van der Waals surface area contributed by atoms with Crippen LogP contribution >= 0.6 is 0 Å². The van der Waals surface area contributed by atoms with Gasteiger partial charge in [0.05, 0.1) is 17.9 Å². The predicted octanol–water partition coefficient (Wildman–Crippen LogP) is 3.79. The van der Waals surface area contributed by atoms with Crippen molar-refractivity contribution in [1.29, 1.82) is 0 Å². The summed E-state index contributed by atoms with van der Waals surface area (Å²) < 4.78 is 1.90. The minimum absolute atomic E-state index is 0.182. The molecular formula is C21H21N3O2. The molecule has 1 amide bonds. The summed E-state index contributed by atoms with van der Waals surface area (Å²) in [7, 11) is 0. The number of aldehydes is 1. The molecule has 0 saturated heterocycles. The lowest BCUT2D eigenvalue weighted by molar-refractivity contribution is 0.0939. The van der Waals surface area contributed by atoms with Gasteiger partial charge in [0.2, 0.25) is 0 Å². The smallest absolute Gasteiger partial charge is 0.251 e. The Morgan fingerprint density at radius 3 is 2.46 bits per heavy atom. The summed E-state index contributed by atoms with van der Waals surface area (Å²) in [5.41, 5.74) is 5.18. The number of aromatic nitrogens is 2. The molecule has 3 aromatic rings. The molecule has 0 fully saturated rings. The van der Waals surface area contributed by atoms with Gasteiger partial charge in [0.25, 0.3) is 5.91 Å². The summed E-state index contributed by atoms with van der Waals surface area (Å²) >= 11 is 0. The van der Waals surface area contributed by atoms with Crippen molar-refractivity contribution in [2.24, 2.45) is 0 Å². The molecule has 1 N–H and O–H groups in total. The number of nitrogens with zero attached hydrogens (tertiary/aromatic N) is 2. The zero-order chi connectivity index (χ0) is 18.7. The molecule has 3 rings (SSSR count). The van der Waals surface area contributed by atoms with Gasteiger partial charge in [-0.2, -0.15) is 5.10 Å². The van der Waals surface area contributed by atoms with Gasteiger partial charge in [0.1, 0.15) is 6.29 Å². The van der Waals surface area contributed by atoms with Crippen molar-refractivity contribution in [2.75, 3.05) is 0 Å². The molecule has 1 aromatic heterocycles. The minimum Gasteiger partial charge on any atom is -0.345 e. The van der Waals surface area contributed by atoms with Gasteiger partial charge in [0, 0.05) is 22.4 Å². The summed E-state index contributed by atoms with van der Waals surface area (Å²) in [5.74, 6) is -0.182. The first-order valence-corrected chi connectivity index (χ1v) is 8.48. The largest absolute Gasteiger partial charge is 0.345 e. The summed E-state index contributed by atoms with van der Waals surface area (Å²) in [4.78, 5) is 23.2. The monoisotopic (exact) mass is 347 g/mol. The molecule has 26 heavy (non-hydrogen) atoms. The van der Waals surface area contributed by atoms with Crippen molar-refractivity contribution in [3.05, 3.63) is 82.7 Å². The fourth-order valence-electron chi connectivity index (χ4n) is 2.96. The first-order chi connectivity index (χ1) is 12.5. The number of aryl methyl sites for hydroxylation is 1. The molecule has 0 bridgehead atoms. The van der Waals surface area contributed by atoms with Crippen LogP contribution in [0.25, 0.3) is 5.69 Å². The van der Waals surface area contributed by atoms with Gasteiger partial charge >= 0.3 is 0 Å². The second-order valence-electron chi connectivity index (χ2n) is 6.32. The molecule has 0 unspecified atom stereocenters. The number of carbonyl (C=O) groups is 2. The second kappa shape index (κ2) is 7.35. The number of hydrogen-bond donors (Lipinski definition) is 1. The van der Waals surface area contributed by atoms with E-state index in [1.165, 1.54) is 0 Å². The van der Waals surface area contributed by atoms with Gasteiger partial charge < -0.3 is 5.32 Å². The molecule has 1 atom stereocenters. The van der Waals surface area contributed by atoms with Crippen molar-refractivity contribution in [1.82, 2.24) is 15.1 Å². The average molecular weight is 347 g/mol. The van der Waals surface area contributed by atoms with E-state index in [2.05, 4.69) is 10.4 Å². The normalized spacial score (nSPS) is 11.8. The predicted molar refractivity (Wildman–Crippen MR) is 101 cm³/mol. The van der Waals surface area contributed by atoms with E-state index < -0.39 is 0 Å². The highest BCUT2D eigenvalue weighted by Gasteiger charge is 2.17. The van der Waals surface area contributed by atoms with E-state index in [0.717, 1.165) is 28.8 Å². The van der Waals surface area contributed by atoms with Crippen LogP contribution in [0.3, 0.4) is 0 Å². The maximum Gasteiger partial charge on any atom is 0.251 e.